The molecule has 2 rings (SSSR count). The summed E-state index contributed by atoms with van der Waals surface area (Å²) < 4.78 is 5.31. The van der Waals surface area contributed by atoms with Crippen molar-refractivity contribution in [2.75, 3.05) is 13.2 Å². The molecule has 0 spiro atoms. The van der Waals surface area contributed by atoms with Gasteiger partial charge in [-0.05, 0) is 45.2 Å². The zero-order valence-electron chi connectivity index (χ0n) is 9.61. The summed E-state index contributed by atoms with van der Waals surface area (Å²) in [7, 11) is 0. The molecule has 2 aliphatic heterocycles. The van der Waals surface area contributed by atoms with Gasteiger partial charge in [-0.1, -0.05) is 12.7 Å². The van der Waals surface area contributed by atoms with E-state index in [0.29, 0.717) is 12.6 Å². The van der Waals surface area contributed by atoms with E-state index < -0.39 is 0 Å². The quantitative estimate of drug-likeness (QED) is 0.519. The highest BCUT2D eigenvalue weighted by molar-refractivity contribution is 5.12. The molecule has 0 bridgehead atoms. The Morgan fingerprint density at radius 3 is 3.13 bits per heavy atom. The average Bonchev–Trinajstić information content (AvgIpc) is 2.77. The van der Waals surface area contributed by atoms with Crippen LogP contribution in [0.3, 0.4) is 0 Å². The summed E-state index contributed by atoms with van der Waals surface area (Å²) in [5.41, 5.74) is 0. The van der Waals surface area contributed by atoms with Crippen LogP contribution in [0.25, 0.3) is 0 Å². The Hall–Kier alpha value is -0.760. The first-order valence-corrected chi connectivity index (χ1v) is 6.07. The van der Waals surface area contributed by atoms with Gasteiger partial charge in [0.05, 0.1) is 6.61 Å². The molecule has 0 N–H and O–H groups in total. The molecule has 2 aliphatic rings. The Bertz CT molecular complexity index is 259. The zero-order chi connectivity index (χ0) is 10.7. The van der Waals surface area contributed by atoms with E-state index in [1.807, 2.05) is 13.0 Å². The third-order valence-corrected chi connectivity index (χ3v) is 3.48. The lowest BCUT2D eigenvalue weighted by Gasteiger charge is -2.20. The van der Waals surface area contributed by atoms with Crippen molar-refractivity contribution in [1.82, 2.24) is 4.90 Å². The highest BCUT2D eigenvalue weighted by atomic mass is 16.5. The van der Waals surface area contributed by atoms with Crippen LogP contribution in [0.15, 0.2) is 24.5 Å². The minimum atomic E-state index is 0.634. The van der Waals surface area contributed by atoms with E-state index in [1.54, 1.807) is 0 Å². The SMILES string of the molecule is C=C(/C=C/C1CCC2CCCN12)OCC. The van der Waals surface area contributed by atoms with Gasteiger partial charge < -0.3 is 4.74 Å². The van der Waals surface area contributed by atoms with Crippen molar-refractivity contribution in [3.05, 3.63) is 24.5 Å². The minimum absolute atomic E-state index is 0.634. The number of rotatable bonds is 4. The smallest absolute Gasteiger partial charge is 0.111 e. The highest BCUT2D eigenvalue weighted by Gasteiger charge is 2.34. The van der Waals surface area contributed by atoms with E-state index in [9.17, 15) is 0 Å². The standard InChI is InChI=1S/C13H21NO/c1-3-15-11(2)6-7-13-9-8-12-5-4-10-14(12)13/h6-7,12-13H,2-5,8-10H2,1H3/b7-6+. The molecule has 0 saturated carbocycles. The monoisotopic (exact) mass is 207 g/mol. The second-order valence-corrected chi connectivity index (χ2v) is 4.44. The third kappa shape index (κ3) is 2.43. The Morgan fingerprint density at radius 1 is 1.47 bits per heavy atom. The Kier molecular flexibility index (Phi) is 3.47. The summed E-state index contributed by atoms with van der Waals surface area (Å²) in [5.74, 6) is 0.792. The van der Waals surface area contributed by atoms with E-state index in [2.05, 4.69) is 17.6 Å². The summed E-state index contributed by atoms with van der Waals surface area (Å²) in [4.78, 5) is 2.63. The van der Waals surface area contributed by atoms with Crippen molar-refractivity contribution in [3.8, 4) is 0 Å². The fourth-order valence-corrected chi connectivity index (χ4v) is 2.79. The zero-order valence-corrected chi connectivity index (χ0v) is 9.61. The topological polar surface area (TPSA) is 12.5 Å². The molecule has 2 fully saturated rings. The van der Waals surface area contributed by atoms with Crippen molar-refractivity contribution < 1.29 is 4.74 Å². The average molecular weight is 207 g/mol. The Morgan fingerprint density at radius 2 is 2.33 bits per heavy atom. The lowest BCUT2D eigenvalue weighted by atomic mass is 10.1. The van der Waals surface area contributed by atoms with Gasteiger partial charge in [-0.25, -0.2) is 0 Å². The fraction of sp³-hybridized carbons (Fsp3) is 0.692. The normalized spacial score (nSPS) is 31.0. The van der Waals surface area contributed by atoms with Gasteiger partial charge in [0.25, 0.3) is 0 Å². The number of hydrogen-bond donors (Lipinski definition) is 0. The largest absolute Gasteiger partial charge is 0.495 e. The first-order chi connectivity index (χ1) is 7.31. The predicted molar refractivity (Wildman–Crippen MR) is 62.7 cm³/mol. The maximum atomic E-state index is 5.31. The molecular formula is C13H21NO. The van der Waals surface area contributed by atoms with E-state index in [1.165, 1.54) is 32.2 Å². The summed E-state index contributed by atoms with van der Waals surface area (Å²) in [6.45, 7) is 7.84. The molecule has 2 atom stereocenters. The van der Waals surface area contributed by atoms with E-state index in [4.69, 9.17) is 4.74 Å². The number of fused-ring (bicyclic) bond motifs is 1. The maximum Gasteiger partial charge on any atom is 0.111 e. The van der Waals surface area contributed by atoms with E-state index in [0.717, 1.165) is 11.8 Å². The molecule has 2 heteroatoms. The number of ether oxygens (including phenoxy) is 1. The lowest BCUT2D eigenvalue weighted by molar-refractivity contribution is 0.242. The van der Waals surface area contributed by atoms with Crippen LogP contribution in [0.1, 0.15) is 32.6 Å². The van der Waals surface area contributed by atoms with Gasteiger partial charge in [-0.3, -0.25) is 4.90 Å². The molecule has 0 amide bonds. The van der Waals surface area contributed by atoms with Gasteiger partial charge >= 0.3 is 0 Å². The molecule has 84 valence electrons. The number of nitrogens with zero attached hydrogens (tertiary/aromatic N) is 1. The van der Waals surface area contributed by atoms with Crippen molar-refractivity contribution in [2.24, 2.45) is 0 Å². The van der Waals surface area contributed by atoms with Gasteiger partial charge in [-0.15, -0.1) is 0 Å². The molecule has 15 heavy (non-hydrogen) atoms. The van der Waals surface area contributed by atoms with Crippen molar-refractivity contribution in [2.45, 2.75) is 44.7 Å². The van der Waals surface area contributed by atoms with Crippen LogP contribution in [-0.2, 0) is 4.74 Å². The van der Waals surface area contributed by atoms with Crippen LogP contribution in [0.2, 0.25) is 0 Å². The second kappa shape index (κ2) is 4.84. The fourth-order valence-electron chi connectivity index (χ4n) is 2.79. The molecule has 0 aromatic heterocycles. The van der Waals surface area contributed by atoms with Crippen LogP contribution < -0.4 is 0 Å². The summed E-state index contributed by atoms with van der Waals surface area (Å²) >= 11 is 0. The number of allylic oxidation sites excluding steroid dienone is 1. The van der Waals surface area contributed by atoms with Crippen LogP contribution in [0, 0.1) is 0 Å². The molecule has 2 heterocycles. The molecule has 0 aromatic rings. The second-order valence-electron chi connectivity index (χ2n) is 4.44. The van der Waals surface area contributed by atoms with E-state index >= 15 is 0 Å². The first kappa shape index (κ1) is 10.7. The van der Waals surface area contributed by atoms with Crippen molar-refractivity contribution in [3.63, 3.8) is 0 Å². The van der Waals surface area contributed by atoms with Crippen molar-refractivity contribution in [1.29, 1.82) is 0 Å². The van der Waals surface area contributed by atoms with E-state index in [-0.39, 0.29) is 0 Å². The minimum Gasteiger partial charge on any atom is -0.495 e. The Balaban J connectivity index is 1.86. The van der Waals surface area contributed by atoms with Crippen molar-refractivity contribution >= 4 is 0 Å². The van der Waals surface area contributed by atoms with Gasteiger partial charge in [0.15, 0.2) is 0 Å². The van der Waals surface area contributed by atoms with Gasteiger partial charge in [0.1, 0.15) is 5.76 Å². The summed E-state index contributed by atoms with van der Waals surface area (Å²) in [6, 6.07) is 1.50. The van der Waals surface area contributed by atoms with Gasteiger partial charge in [0, 0.05) is 12.1 Å². The molecule has 2 nitrogen and oxygen atoms in total. The molecule has 0 radical (unpaired) electrons. The van der Waals surface area contributed by atoms with Gasteiger partial charge in [0.2, 0.25) is 0 Å². The van der Waals surface area contributed by atoms with Crippen LogP contribution >= 0.6 is 0 Å². The number of hydrogen-bond acceptors (Lipinski definition) is 2. The molecule has 0 aliphatic carbocycles. The molecular weight excluding hydrogens is 186 g/mol. The highest BCUT2D eigenvalue weighted by Crippen LogP contribution is 2.32. The summed E-state index contributed by atoms with van der Waals surface area (Å²) in [6.07, 6.45) is 9.76. The first-order valence-electron chi connectivity index (χ1n) is 6.07. The molecule has 0 aromatic carbocycles. The predicted octanol–water partition coefficient (Wildman–Crippen LogP) is 2.72. The molecule has 2 saturated heterocycles. The molecule has 2 unspecified atom stereocenters. The Labute approximate surface area is 92.6 Å². The maximum absolute atomic E-state index is 5.31. The van der Waals surface area contributed by atoms with Crippen LogP contribution in [0.5, 0.6) is 0 Å². The lowest BCUT2D eigenvalue weighted by Crippen LogP contribution is -2.29. The third-order valence-electron chi connectivity index (χ3n) is 3.48. The van der Waals surface area contributed by atoms with Gasteiger partial charge in [-0.2, -0.15) is 0 Å². The van der Waals surface area contributed by atoms with Crippen LogP contribution in [-0.4, -0.2) is 30.1 Å². The van der Waals surface area contributed by atoms with Crippen LogP contribution in [0.4, 0.5) is 0 Å². The summed E-state index contributed by atoms with van der Waals surface area (Å²) in [5, 5.41) is 0.